The monoisotopic (exact) mass is 251 g/mol. The molecule has 0 saturated carbocycles. The molecule has 17 heavy (non-hydrogen) atoms. The molecule has 0 spiro atoms. The normalized spacial score (nSPS) is 21.5. The van der Waals surface area contributed by atoms with Crippen LogP contribution in [-0.4, -0.2) is 12.8 Å². The van der Waals surface area contributed by atoms with E-state index in [1.165, 1.54) is 35.7 Å². The molecule has 0 N–H and O–H groups in total. The van der Waals surface area contributed by atoms with E-state index in [2.05, 4.69) is 19.1 Å². The number of benzene rings is 1. The summed E-state index contributed by atoms with van der Waals surface area (Å²) in [6, 6.07) is 4.28. The minimum absolute atomic E-state index is 0.634. The summed E-state index contributed by atoms with van der Waals surface area (Å²) in [5.41, 5.74) is 1.51. The molecule has 1 atom stereocenters. The van der Waals surface area contributed by atoms with Gasteiger partial charge < -0.3 is 4.74 Å². The van der Waals surface area contributed by atoms with Gasteiger partial charge in [-0.1, -0.05) is 13.8 Å². The summed E-state index contributed by atoms with van der Waals surface area (Å²) in [5, 5.41) is 0. The maximum absolute atomic E-state index is 7.73. The topological polar surface area (TPSA) is 9.23 Å². The van der Waals surface area contributed by atoms with Crippen LogP contribution in [0.1, 0.15) is 52.9 Å². The Balaban J connectivity index is 2.41. The standard InChI is InChI=1S/C15H22OS/c1-4-11-7-6-8-12-9-15(17-5-2)14(16-3)10-13(11)12/h9-11H,4-8H2,1-3H3/i5+1H2. The van der Waals surface area contributed by atoms with Crippen LogP contribution < -0.4 is 4.74 Å². The fourth-order valence-electron chi connectivity index (χ4n) is 2.68. The number of ether oxygens (including phenoxy) is 1. The van der Waals surface area contributed by atoms with E-state index in [9.17, 15) is 0 Å². The number of fused-ring (bicyclic) bond motifs is 1. The molecule has 0 bridgehead atoms. The number of rotatable bonds is 4. The van der Waals surface area contributed by atoms with E-state index in [0.29, 0.717) is 5.92 Å². The summed E-state index contributed by atoms with van der Waals surface area (Å²) in [4.78, 5) is 0.922. The molecule has 0 saturated heterocycles. The predicted molar refractivity (Wildman–Crippen MR) is 75.4 cm³/mol. The van der Waals surface area contributed by atoms with Crippen LogP contribution in [0.5, 0.6) is 5.75 Å². The lowest BCUT2D eigenvalue weighted by atomic mass is 9.81. The van der Waals surface area contributed by atoms with Gasteiger partial charge in [-0.05, 0) is 60.6 Å². The van der Waals surface area contributed by atoms with Crippen molar-refractivity contribution in [2.75, 3.05) is 12.8 Å². The molecule has 1 aromatic carbocycles. The molecule has 1 aliphatic carbocycles. The largest absolute Gasteiger partial charge is 0.496 e. The summed E-state index contributed by atoms with van der Waals surface area (Å²) in [5.74, 6) is 1.45. The fourth-order valence-corrected chi connectivity index (χ4v) is 3.35. The molecule has 1 aliphatic rings. The van der Waals surface area contributed by atoms with E-state index in [1.807, 2.05) is 0 Å². The van der Waals surface area contributed by atoms with Crippen molar-refractivity contribution in [3.05, 3.63) is 23.3 Å². The van der Waals surface area contributed by atoms with Gasteiger partial charge in [-0.15, -0.1) is 11.8 Å². The number of aryl methyl sites for hydroxylation is 1. The molecule has 2 heteroatoms. The van der Waals surface area contributed by atoms with Crippen molar-refractivity contribution in [3.8, 4) is 5.75 Å². The first kappa shape index (κ1) is 10.3. The number of methoxy groups -OCH3 is 1. The van der Waals surface area contributed by atoms with Gasteiger partial charge in [-0.3, -0.25) is 0 Å². The third kappa shape index (κ3) is 2.62. The van der Waals surface area contributed by atoms with Crippen molar-refractivity contribution in [2.24, 2.45) is 0 Å². The summed E-state index contributed by atoms with van der Waals surface area (Å²) in [6.07, 6.45) is 4.77. The number of hydrogen-bond donors (Lipinski definition) is 0. The summed E-state index contributed by atoms with van der Waals surface area (Å²) in [7, 11) is 1.67. The molecule has 0 amide bonds. The van der Waals surface area contributed by atoms with Gasteiger partial charge in [0.25, 0.3) is 0 Å². The number of hydrogen-bond acceptors (Lipinski definition) is 2. The van der Waals surface area contributed by atoms with Crippen LogP contribution in [0.15, 0.2) is 17.0 Å². The SMILES string of the molecule is [1H][13C]([1H])(C)Sc1cc2c(cc1OC)C(CC)CCC2. The van der Waals surface area contributed by atoms with Gasteiger partial charge in [0.2, 0.25) is 0 Å². The molecular formula is C15H22OS. The lowest BCUT2D eigenvalue weighted by Gasteiger charge is -2.26. The molecule has 1 nitrogen and oxygen atoms in total. The zero-order chi connectivity index (χ0) is 14.0. The molecule has 0 aromatic heterocycles. The van der Waals surface area contributed by atoms with Gasteiger partial charge in [-0.2, -0.15) is 0 Å². The van der Waals surface area contributed by atoms with E-state index in [-0.39, 0.29) is 0 Å². The van der Waals surface area contributed by atoms with Crippen LogP contribution in [0.25, 0.3) is 0 Å². The molecule has 0 radical (unpaired) electrons. The molecule has 1 aromatic rings. The van der Waals surface area contributed by atoms with Gasteiger partial charge in [0.1, 0.15) is 5.75 Å². The van der Waals surface area contributed by atoms with Crippen molar-refractivity contribution in [1.29, 1.82) is 0 Å². The lowest BCUT2D eigenvalue weighted by Crippen LogP contribution is -2.09. The second kappa shape index (κ2) is 5.81. The van der Waals surface area contributed by atoms with Crippen LogP contribution in [0.2, 0.25) is 0 Å². The highest BCUT2D eigenvalue weighted by Gasteiger charge is 2.21. The van der Waals surface area contributed by atoms with Crippen molar-refractivity contribution in [3.63, 3.8) is 0 Å². The van der Waals surface area contributed by atoms with E-state index in [0.717, 1.165) is 23.5 Å². The molecule has 94 valence electrons. The zero-order valence-electron chi connectivity index (χ0n) is 12.9. The third-order valence-electron chi connectivity index (χ3n) is 3.57. The smallest absolute Gasteiger partial charge is 0.132 e. The Hall–Kier alpha value is -0.630. The highest BCUT2D eigenvalue weighted by Crippen LogP contribution is 2.40. The van der Waals surface area contributed by atoms with Crippen LogP contribution in [0.3, 0.4) is 0 Å². The predicted octanol–water partition coefficient (Wildman–Crippen LogP) is 4.64. The van der Waals surface area contributed by atoms with Crippen LogP contribution in [0, 0.1) is 0 Å². The summed E-state index contributed by atoms with van der Waals surface area (Å²) in [6.45, 7) is 3.82. The molecule has 0 fully saturated rings. The molecule has 0 heterocycles. The Morgan fingerprint density at radius 2 is 2.29 bits per heavy atom. The minimum atomic E-state index is -1.28. The molecular weight excluding hydrogens is 229 g/mol. The van der Waals surface area contributed by atoms with Crippen molar-refractivity contribution >= 4 is 11.8 Å². The van der Waals surface area contributed by atoms with Crippen LogP contribution >= 0.6 is 11.8 Å². The Morgan fingerprint density at radius 1 is 1.47 bits per heavy atom. The highest BCUT2D eigenvalue weighted by molar-refractivity contribution is 7.99. The second-order valence-electron chi connectivity index (χ2n) is 4.51. The zero-order valence-corrected chi connectivity index (χ0v) is 11.7. The van der Waals surface area contributed by atoms with Gasteiger partial charge in [0.15, 0.2) is 0 Å². The highest BCUT2D eigenvalue weighted by atomic mass is 32.2. The number of thioether (sulfide) groups is 1. The third-order valence-corrected chi connectivity index (χ3v) is 4.31. The molecule has 0 aliphatic heterocycles. The van der Waals surface area contributed by atoms with E-state index in [4.69, 9.17) is 7.48 Å². The van der Waals surface area contributed by atoms with Gasteiger partial charge in [0, 0.05) is 7.64 Å². The van der Waals surface area contributed by atoms with Gasteiger partial charge in [-0.25, -0.2) is 0 Å². The van der Waals surface area contributed by atoms with Crippen molar-refractivity contribution < 1.29 is 7.48 Å². The fraction of sp³-hybridized carbons (Fsp3) is 0.600. The van der Waals surface area contributed by atoms with Crippen LogP contribution in [-0.2, 0) is 6.42 Å². The van der Waals surface area contributed by atoms with E-state index < -0.39 is 5.70 Å². The average molecular weight is 251 g/mol. The second-order valence-corrected chi connectivity index (χ2v) is 5.56. The quantitative estimate of drug-likeness (QED) is 0.569. The van der Waals surface area contributed by atoms with Crippen molar-refractivity contribution in [1.82, 2.24) is 0 Å². The first-order valence-corrected chi connectivity index (χ1v) is 7.16. The first-order chi connectivity index (χ1) is 8.94. The van der Waals surface area contributed by atoms with E-state index in [1.54, 1.807) is 14.0 Å². The molecule has 1 unspecified atom stereocenters. The van der Waals surface area contributed by atoms with Crippen molar-refractivity contribution in [2.45, 2.75) is 50.3 Å². The average Bonchev–Trinajstić information content (AvgIpc) is 2.35. The first-order valence-electron chi connectivity index (χ1n) is 7.34. The Morgan fingerprint density at radius 3 is 2.94 bits per heavy atom. The summed E-state index contributed by atoms with van der Waals surface area (Å²) < 4.78 is 20.9. The maximum Gasteiger partial charge on any atom is 0.132 e. The lowest BCUT2D eigenvalue weighted by molar-refractivity contribution is 0.401. The van der Waals surface area contributed by atoms with Gasteiger partial charge in [0.05, 0.1) is 7.11 Å². The maximum atomic E-state index is 7.73. The Bertz CT molecular complexity index is 454. The van der Waals surface area contributed by atoms with Gasteiger partial charge >= 0.3 is 0 Å². The van der Waals surface area contributed by atoms with Crippen LogP contribution in [0.4, 0.5) is 0 Å². The van der Waals surface area contributed by atoms with E-state index >= 15 is 0 Å². The Labute approximate surface area is 112 Å². The Kier molecular flexibility index (Phi) is 3.52. The summed E-state index contributed by atoms with van der Waals surface area (Å²) >= 11 is 1.24. The molecule has 2 rings (SSSR count). The minimum Gasteiger partial charge on any atom is -0.496 e.